The van der Waals surface area contributed by atoms with Crippen LogP contribution in [0.2, 0.25) is 0 Å². The Bertz CT molecular complexity index is 510. The first-order valence-corrected chi connectivity index (χ1v) is 4.60. The van der Waals surface area contributed by atoms with Gasteiger partial charge in [-0.3, -0.25) is 0 Å². The lowest BCUT2D eigenvalue weighted by Crippen LogP contribution is -2.03. The van der Waals surface area contributed by atoms with Gasteiger partial charge in [-0.15, -0.1) is 5.10 Å². The number of hydrogen-bond donors (Lipinski definition) is 0. The predicted octanol–water partition coefficient (Wildman–Crippen LogP) is 2.10. The molecule has 0 aliphatic heterocycles. The van der Waals surface area contributed by atoms with Gasteiger partial charge in [0.2, 0.25) is 0 Å². The molecule has 0 spiro atoms. The lowest BCUT2D eigenvalue weighted by molar-refractivity contribution is 0.622. The molecule has 0 bridgehead atoms. The SMILES string of the molecule is C1=CC(n2nnc3ccccc32)C=C1. The van der Waals surface area contributed by atoms with Crippen LogP contribution in [-0.2, 0) is 0 Å². The second-order valence-electron chi connectivity index (χ2n) is 3.28. The van der Waals surface area contributed by atoms with Gasteiger partial charge in [-0.25, -0.2) is 4.68 Å². The number of para-hydroxylation sites is 1. The molecular weight excluding hydrogens is 174 g/mol. The Morgan fingerprint density at radius 2 is 1.86 bits per heavy atom. The fourth-order valence-corrected chi connectivity index (χ4v) is 1.69. The molecule has 1 aliphatic carbocycles. The minimum atomic E-state index is 0.224. The Kier molecular flexibility index (Phi) is 1.50. The highest BCUT2D eigenvalue weighted by Crippen LogP contribution is 2.20. The van der Waals surface area contributed by atoms with E-state index in [0.29, 0.717) is 0 Å². The van der Waals surface area contributed by atoms with Crippen molar-refractivity contribution in [2.75, 3.05) is 0 Å². The second-order valence-corrected chi connectivity index (χ2v) is 3.28. The van der Waals surface area contributed by atoms with Crippen molar-refractivity contribution in [2.45, 2.75) is 6.04 Å². The molecule has 0 radical (unpaired) electrons. The van der Waals surface area contributed by atoms with Gasteiger partial charge in [0.25, 0.3) is 0 Å². The van der Waals surface area contributed by atoms with Crippen molar-refractivity contribution in [1.82, 2.24) is 15.0 Å². The largest absolute Gasteiger partial charge is 0.234 e. The van der Waals surface area contributed by atoms with Crippen molar-refractivity contribution < 1.29 is 0 Å². The third-order valence-electron chi connectivity index (χ3n) is 2.39. The third-order valence-corrected chi connectivity index (χ3v) is 2.39. The van der Waals surface area contributed by atoms with Gasteiger partial charge in [-0.05, 0) is 12.1 Å². The van der Waals surface area contributed by atoms with E-state index >= 15 is 0 Å². The normalized spacial score (nSPS) is 15.7. The predicted molar refractivity (Wildman–Crippen MR) is 54.8 cm³/mol. The molecule has 1 heterocycles. The summed E-state index contributed by atoms with van der Waals surface area (Å²) in [6, 6.07) is 8.21. The van der Waals surface area contributed by atoms with Crippen molar-refractivity contribution in [3.8, 4) is 0 Å². The fourth-order valence-electron chi connectivity index (χ4n) is 1.69. The van der Waals surface area contributed by atoms with E-state index in [0.717, 1.165) is 11.0 Å². The van der Waals surface area contributed by atoms with E-state index in [1.807, 2.05) is 41.1 Å². The Morgan fingerprint density at radius 1 is 1.07 bits per heavy atom. The van der Waals surface area contributed by atoms with Crippen molar-refractivity contribution in [3.63, 3.8) is 0 Å². The van der Waals surface area contributed by atoms with Gasteiger partial charge in [0.05, 0.1) is 11.6 Å². The smallest absolute Gasteiger partial charge is 0.113 e. The molecule has 0 fully saturated rings. The lowest BCUT2D eigenvalue weighted by atomic mass is 10.3. The Morgan fingerprint density at radius 3 is 2.71 bits per heavy atom. The van der Waals surface area contributed by atoms with E-state index in [-0.39, 0.29) is 6.04 Å². The summed E-state index contributed by atoms with van der Waals surface area (Å²) in [7, 11) is 0. The average molecular weight is 183 g/mol. The summed E-state index contributed by atoms with van der Waals surface area (Å²) in [5.74, 6) is 0. The maximum Gasteiger partial charge on any atom is 0.113 e. The van der Waals surface area contributed by atoms with E-state index in [1.165, 1.54) is 0 Å². The van der Waals surface area contributed by atoms with Gasteiger partial charge in [0, 0.05) is 0 Å². The first-order chi connectivity index (χ1) is 6.95. The number of hydrogen-bond acceptors (Lipinski definition) is 2. The Balaban J connectivity index is 2.21. The number of benzene rings is 1. The van der Waals surface area contributed by atoms with Crippen LogP contribution in [-0.4, -0.2) is 15.0 Å². The minimum absolute atomic E-state index is 0.224. The van der Waals surface area contributed by atoms with Gasteiger partial charge in [0.1, 0.15) is 5.52 Å². The maximum atomic E-state index is 4.14. The first kappa shape index (κ1) is 7.50. The number of aromatic nitrogens is 3. The number of nitrogens with zero attached hydrogens (tertiary/aromatic N) is 3. The van der Waals surface area contributed by atoms with E-state index in [2.05, 4.69) is 22.5 Å². The average Bonchev–Trinajstić information content (AvgIpc) is 2.85. The molecule has 0 atom stereocenters. The van der Waals surface area contributed by atoms with Gasteiger partial charge >= 0.3 is 0 Å². The molecule has 0 N–H and O–H groups in total. The van der Waals surface area contributed by atoms with E-state index in [9.17, 15) is 0 Å². The van der Waals surface area contributed by atoms with E-state index in [4.69, 9.17) is 0 Å². The van der Waals surface area contributed by atoms with Crippen LogP contribution in [0.15, 0.2) is 48.6 Å². The molecule has 0 amide bonds. The molecular formula is C11H9N3. The lowest BCUT2D eigenvalue weighted by Gasteiger charge is -2.05. The summed E-state index contributed by atoms with van der Waals surface area (Å²) >= 11 is 0. The van der Waals surface area contributed by atoms with Crippen LogP contribution >= 0.6 is 0 Å². The van der Waals surface area contributed by atoms with E-state index < -0.39 is 0 Å². The van der Waals surface area contributed by atoms with Crippen LogP contribution in [0.4, 0.5) is 0 Å². The number of fused-ring (bicyclic) bond motifs is 1. The minimum Gasteiger partial charge on any atom is -0.234 e. The molecule has 1 aromatic carbocycles. The molecule has 68 valence electrons. The first-order valence-electron chi connectivity index (χ1n) is 4.60. The summed E-state index contributed by atoms with van der Waals surface area (Å²) in [5.41, 5.74) is 2.02. The van der Waals surface area contributed by atoms with Crippen molar-refractivity contribution in [2.24, 2.45) is 0 Å². The van der Waals surface area contributed by atoms with Crippen LogP contribution in [0.1, 0.15) is 6.04 Å². The molecule has 3 heteroatoms. The van der Waals surface area contributed by atoms with Gasteiger partial charge < -0.3 is 0 Å². The molecule has 1 aromatic heterocycles. The second kappa shape index (κ2) is 2.80. The van der Waals surface area contributed by atoms with Gasteiger partial charge in [0.15, 0.2) is 0 Å². The Hall–Kier alpha value is -1.90. The summed E-state index contributed by atoms with van der Waals surface area (Å²) < 4.78 is 1.93. The topological polar surface area (TPSA) is 30.7 Å². The van der Waals surface area contributed by atoms with Crippen molar-refractivity contribution in [1.29, 1.82) is 0 Å². The van der Waals surface area contributed by atoms with Crippen molar-refractivity contribution >= 4 is 11.0 Å². The fraction of sp³-hybridized carbons (Fsp3) is 0.0909. The summed E-state index contributed by atoms with van der Waals surface area (Å²) in [6.45, 7) is 0. The van der Waals surface area contributed by atoms with Crippen LogP contribution in [0.5, 0.6) is 0 Å². The number of rotatable bonds is 1. The molecule has 0 saturated heterocycles. The molecule has 3 nitrogen and oxygen atoms in total. The molecule has 1 aliphatic rings. The zero-order chi connectivity index (χ0) is 9.38. The zero-order valence-corrected chi connectivity index (χ0v) is 7.54. The summed E-state index contributed by atoms with van der Waals surface area (Å²) in [6.07, 6.45) is 8.25. The van der Waals surface area contributed by atoms with E-state index in [1.54, 1.807) is 0 Å². The van der Waals surface area contributed by atoms with Crippen LogP contribution in [0.25, 0.3) is 11.0 Å². The van der Waals surface area contributed by atoms with Gasteiger partial charge in [-0.1, -0.05) is 41.7 Å². The van der Waals surface area contributed by atoms with Crippen LogP contribution in [0, 0.1) is 0 Å². The zero-order valence-electron chi connectivity index (χ0n) is 7.54. The highest BCUT2D eigenvalue weighted by atomic mass is 15.4. The quantitative estimate of drug-likeness (QED) is 0.677. The monoisotopic (exact) mass is 183 g/mol. The van der Waals surface area contributed by atoms with Gasteiger partial charge in [-0.2, -0.15) is 0 Å². The summed E-state index contributed by atoms with van der Waals surface area (Å²) in [4.78, 5) is 0. The molecule has 0 saturated carbocycles. The number of allylic oxidation sites excluding steroid dienone is 4. The molecule has 0 unspecified atom stereocenters. The highest BCUT2D eigenvalue weighted by molar-refractivity contribution is 5.74. The molecule has 14 heavy (non-hydrogen) atoms. The standard InChI is InChI=1S/C11H9N3/c1-2-6-9(5-1)14-11-8-4-3-7-10(11)12-13-14/h1-9H. The van der Waals surface area contributed by atoms with Crippen molar-refractivity contribution in [3.05, 3.63) is 48.6 Å². The molecule has 2 aromatic rings. The van der Waals surface area contributed by atoms with Crippen LogP contribution < -0.4 is 0 Å². The highest BCUT2D eigenvalue weighted by Gasteiger charge is 2.10. The third kappa shape index (κ3) is 0.988. The van der Waals surface area contributed by atoms with Crippen LogP contribution in [0.3, 0.4) is 0 Å². The summed E-state index contributed by atoms with van der Waals surface area (Å²) in [5, 5.41) is 8.25. The maximum absolute atomic E-state index is 4.14. The Labute approximate surface area is 81.3 Å². The molecule has 3 rings (SSSR count).